The molecule has 0 bridgehead atoms. The first kappa shape index (κ1) is 13.8. The van der Waals surface area contributed by atoms with E-state index >= 15 is 0 Å². The zero-order chi connectivity index (χ0) is 13.0. The number of hydrogen-bond donors (Lipinski definition) is 2. The molecule has 2 rings (SSSR count). The molecular weight excluding hydrogens is 316 g/mol. The van der Waals surface area contributed by atoms with Gasteiger partial charge < -0.3 is 10.6 Å². The molecule has 1 fully saturated rings. The zero-order valence-electron chi connectivity index (χ0n) is 10.0. The van der Waals surface area contributed by atoms with Crippen LogP contribution in [0.1, 0.15) is 29.6 Å². The third kappa shape index (κ3) is 4.26. The lowest BCUT2D eigenvalue weighted by atomic mass is 10.2. The van der Waals surface area contributed by atoms with Crippen molar-refractivity contribution in [1.29, 1.82) is 0 Å². The van der Waals surface area contributed by atoms with Gasteiger partial charge in [0.25, 0.3) is 5.91 Å². The largest absolute Gasteiger partial charge is 0.352 e. The minimum Gasteiger partial charge on any atom is -0.352 e. The molecule has 0 heterocycles. The number of nitrogens with one attached hydrogen (secondary N) is 2. The van der Waals surface area contributed by atoms with Crippen LogP contribution in [-0.2, 0) is 0 Å². The third-order valence-electron chi connectivity index (χ3n) is 2.83. The Morgan fingerprint density at radius 1 is 1.39 bits per heavy atom. The van der Waals surface area contributed by atoms with Crippen LogP contribution in [0, 0.1) is 0 Å². The molecule has 0 atom stereocenters. The van der Waals surface area contributed by atoms with Crippen molar-refractivity contribution >= 4 is 33.4 Å². The van der Waals surface area contributed by atoms with Gasteiger partial charge >= 0.3 is 0 Å². The van der Waals surface area contributed by atoms with Crippen molar-refractivity contribution in [3.63, 3.8) is 0 Å². The van der Waals surface area contributed by atoms with Crippen LogP contribution in [0.3, 0.4) is 0 Å². The summed E-state index contributed by atoms with van der Waals surface area (Å²) < 4.78 is 0.800. The van der Waals surface area contributed by atoms with Crippen LogP contribution in [-0.4, -0.2) is 25.0 Å². The van der Waals surface area contributed by atoms with Crippen molar-refractivity contribution in [1.82, 2.24) is 10.6 Å². The monoisotopic (exact) mass is 330 g/mol. The van der Waals surface area contributed by atoms with E-state index in [-0.39, 0.29) is 5.91 Å². The van der Waals surface area contributed by atoms with Crippen LogP contribution in [0.4, 0.5) is 0 Å². The van der Waals surface area contributed by atoms with E-state index in [4.69, 9.17) is 11.6 Å². The van der Waals surface area contributed by atoms with Crippen molar-refractivity contribution in [2.24, 2.45) is 0 Å². The summed E-state index contributed by atoms with van der Waals surface area (Å²) in [6.45, 7) is 1.65. The van der Waals surface area contributed by atoms with Crippen LogP contribution in [0.25, 0.3) is 0 Å². The highest BCUT2D eigenvalue weighted by atomic mass is 79.9. The fraction of sp³-hybridized carbons (Fsp3) is 0.462. The molecule has 0 unspecified atom stereocenters. The lowest BCUT2D eigenvalue weighted by Crippen LogP contribution is -2.27. The number of benzene rings is 1. The summed E-state index contributed by atoms with van der Waals surface area (Å²) in [4.78, 5) is 11.8. The molecule has 1 saturated carbocycles. The predicted molar refractivity (Wildman–Crippen MR) is 77.1 cm³/mol. The van der Waals surface area contributed by atoms with E-state index < -0.39 is 0 Å². The van der Waals surface area contributed by atoms with Gasteiger partial charge in [0.15, 0.2) is 0 Å². The van der Waals surface area contributed by atoms with E-state index in [1.54, 1.807) is 18.2 Å². The summed E-state index contributed by atoms with van der Waals surface area (Å²) in [5, 5.41) is 6.85. The van der Waals surface area contributed by atoms with Crippen LogP contribution in [0.5, 0.6) is 0 Å². The molecule has 18 heavy (non-hydrogen) atoms. The molecule has 1 amide bonds. The third-order valence-corrected chi connectivity index (χ3v) is 4.06. The topological polar surface area (TPSA) is 41.1 Å². The number of amides is 1. The van der Waals surface area contributed by atoms with Gasteiger partial charge in [-0.25, -0.2) is 0 Å². The number of rotatable bonds is 6. The number of carbonyl (C=O) groups excluding carboxylic acids is 1. The Labute approximate surface area is 120 Å². The fourth-order valence-corrected chi connectivity index (χ4v) is 2.05. The standard InChI is InChI=1S/C13H16BrClN2O/c14-11-5-2-9(8-12(11)15)13(18)17-7-1-6-16-10-3-4-10/h2,5,8,10,16H,1,3-4,6-7H2,(H,17,18). The summed E-state index contributed by atoms with van der Waals surface area (Å²) in [6.07, 6.45) is 3.54. The maximum absolute atomic E-state index is 11.8. The lowest BCUT2D eigenvalue weighted by molar-refractivity contribution is 0.0953. The molecule has 0 spiro atoms. The van der Waals surface area contributed by atoms with Gasteiger partial charge in [-0.15, -0.1) is 0 Å². The summed E-state index contributed by atoms with van der Waals surface area (Å²) in [7, 11) is 0. The molecular formula is C13H16BrClN2O. The first-order valence-corrected chi connectivity index (χ1v) is 7.30. The van der Waals surface area contributed by atoms with Gasteiger partial charge in [-0.1, -0.05) is 11.6 Å². The average molecular weight is 332 g/mol. The van der Waals surface area contributed by atoms with Crippen LogP contribution < -0.4 is 10.6 Å². The quantitative estimate of drug-likeness (QED) is 0.787. The molecule has 3 nitrogen and oxygen atoms in total. The van der Waals surface area contributed by atoms with Gasteiger partial charge in [-0.05, 0) is 59.9 Å². The molecule has 0 aromatic heterocycles. The second-order valence-electron chi connectivity index (χ2n) is 4.47. The van der Waals surface area contributed by atoms with E-state index in [2.05, 4.69) is 26.6 Å². The summed E-state index contributed by atoms with van der Waals surface area (Å²) in [5.41, 5.74) is 0.596. The molecule has 5 heteroatoms. The Hall–Kier alpha value is -0.580. The number of hydrogen-bond acceptors (Lipinski definition) is 2. The van der Waals surface area contributed by atoms with Gasteiger partial charge in [0.2, 0.25) is 0 Å². The van der Waals surface area contributed by atoms with E-state index in [1.165, 1.54) is 12.8 Å². The van der Waals surface area contributed by atoms with E-state index in [9.17, 15) is 4.79 Å². The van der Waals surface area contributed by atoms with Gasteiger partial charge in [0, 0.05) is 22.6 Å². The normalized spacial score (nSPS) is 14.6. The Kier molecular flexibility index (Phi) is 5.03. The molecule has 1 aliphatic carbocycles. The Balaban J connectivity index is 1.70. The minimum atomic E-state index is -0.0733. The number of halogens is 2. The van der Waals surface area contributed by atoms with E-state index in [0.717, 1.165) is 23.5 Å². The lowest BCUT2D eigenvalue weighted by Gasteiger charge is -2.06. The Morgan fingerprint density at radius 3 is 2.83 bits per heavy atom. The van der Waals surface area contributed by atoms with Crippen molar-refractivity contribution in [3.05, 3.63) is 33.3 Å². The molecule has 0 saturated heterocycles. The number of carbonyl (C=O) groups is 1. The predicted octanol–water partition coefficient (Wildman–Crippen LogP) is 2.97. The van der Waals surface area contributed by atoms with Gasteiger partial charge in [0.05, 0.1) is 5.02 Å². The highest BCUT2D eigenvalue weighted by Gasteiger charge is 2.19. The molecule has 98 valence electrons. The maximum atomic E-state index is 11.8. The molecule has 1 aliphatic rings. The second kappa shape index (κ2) is 6.55. The smallest absolute Gasteiger partial charge is 0.251 e. The van der Waals surface area contributed by atoms with Crippen LogP contribution >= 0.6 is 27.5 Å². The summed E-state index contributed by atoms with van der Waals surface area (Å²) in [5.74, 6) is -0.0733. The van der Waals surface area contributed by atoms with Gasteiger partial charge in [-0.2, -0.15) is 0 Å². The SMILES string of the molecule is O=C(NCCCNC1CC1)c1ccc(Br)c(Cl)c1. The van der Waals surface area contributed by atoms with Crippen molar-refractivity contribution in [2.75, 3.05) is 13.1 Å². The van der Waals surface area contributed by atoms with E-state index in [1.807, 2.05) is 0 Å². The summed E-state index contributed by atoms with van der Waals surface area (Å²) >= 11 is 9.25. The molecule has 1 aromatic rings. The van der Waals surface area contributed by atoms with Crippen LogP contribution in [0.15, 0.2) is 22.7 Å². The van der Waals surface area contributed by atoms with Crippen LogP contribution in [0.2, 0.25) is 5.02 Å². The first-order valence-electron chi connectivity index (χ1n) is 6.13. The van der Waals surface area contributed by atoms with Crippen molar-refractivity contribution in [3.8, 4) is 0 Å². The highest BCUT2D eigenvalue weighted by Crippen LogP contribution is 2.23. The summed E-state index contributed by atoms with van der Waals surface area (Å²) in [6, 6.07) is 5.94. The Bertz CT molecular complexity index is 435. The highest BCUT2D eigenvalue weighted by molar-refractivity contribution is 9.10. The molecule has 2 N–H and O–H groups in total. The fourth-order valence-electron chi connectivity index (χ4n) is 1.62. The Morgan fingerprint density at radius 2 is 2.17 bits per heavy atom. The van der Waals surface area contributed by atoms with Crippen molar-refractivity contribution in [2.45, 2.75) is 25.3 Å². The molecule has 1 aromatic carbocycles. The van der Waals surface area contributed by atoms with Gasteiger partial charge in [0.1, 0.15) is 0 Å². The molecule has 0 radical (unpaired) electrons. The maximum Gasteiger partial charge on any atom is 0.251 e. The first-order chi connectivity index (χ1) is 8.66. The van der Waals surface area contributed by atoms with Gasteiger partial charge in [-0.3, -0.25) is 4.79 Å². The molecule has 0 aliphatic heterocycles. The minimum absolute atomic E-state index is 0.0733. The zero-order valence-corrected chi connectivity index (χ0v) is 12.4. The average Bonchev–Trinajstić information content (AvgIpc) is 3.16. The van der Waals surface area contributed by atoms with E-state index in [0.29, 0.717) is 17.1 Å². The second-order valence-corrected chi connectivity index (χ2v) is 5.73. The van der Waals surface area contributed by atoms with Crippen molar-refractivity contribution < 1.29 is 4.79 Å².